The van der Waals surface area contributed by atoms with Crippen molar-refractivity contribution < 1.29 is 13.9 Å². The summed E-state index contributed by atoms with van der Waals surface area (Å²) in [6.07, 6.45) is 1.37. The summed E-state index contributed by atoms with van der Waals surface area (Å²) < 4.78 is 17.0. The molecule has 1 aromatic rings. The topological polar surface area (TPSA) is 26.3 Å². The van der Waals surface area contributed by atoms with Crippen LogP contribution in [0.5, 0.6) is 0 Å². The first kappa shape index (κ1) is 10.4. The van der Waals surface area contributed by atoms with Crippen LogP contribution >= 0.6 is 0 Å². The van der Waals surface area contributed by atoms with Crippen molar-refractivity contribution in [3.05, 3.63) is 41.7 Å². The molecule has 0 heterocycles. The van der Waals surface area contributed by atoms with Crippen LogP contribution < -0.4 is 0 Å². The number of allylic oxidation sites excluding steroid dienone is 1. The number of halogens is 1. The average molecular weight is 194 g/mol. The quantitative estimate of drug-likeness (QED) is 0.533. The van der Waals surface area contributed by atoms with E-state index in [1.54, 1.807) is 19.1 Å². The lowest BCUT2D eigenvalue weighted by Crippen LogP contribution is -1.95. The molecule has 0 atom stereocenters. The van der Waals surface area contributed by atoms with Gasteiger partial charge in [-0.05, 0) is 30.2 Å². The summed E-state index contributed by atoms with van der Waals surface area (Å²) in [6.45, 7) is 1.77. The van der Waals surface area contributed by atoms with E-state index in [0.717, 1.165) is 11.1 Å². The molecule has 0 aliphatic rings. The maximum absolute atomic E-state index is 12.6. The minimum atomic E-state index is -0.410. The lowest BCUT2D eigenvalue weighted by atomic mass is 10.1. The molecule has 0 radical (unpaired) electrons. The summed E-state index contributed by atoms with van der Waals surface area (Å²) in [7, 11) is 1.32. The molecule has 3 heteroatoms. The third kappa shape index (κ3) is 2.69. The minimum Gasteiger partial charge on any atom is -0.466 e. The van der Waals surface area contributed by atoms with Gasteiger partial charge >= 0.3 is 5.97 Å². The van der Waals surface area contributed by atoms with Crippen molar-refractivity contribution in [2.75, 3.05) is 7.11 Å². The summed E-state index contributed by atoms with van der Waals surface area (Å²) in [4.78, 5) is 10.9. The van der Waals surface area contributed by atoms with Crippen molar-refractivity contribution in [2.24, 2.45) is 0 Å². The zero-order valence-electron chi connectivity index (χ0n) is 8.08. The Morgan fingerprint density at radius 1 is 1.36 bits per heavy atom. The van der Waals surface area contributed by atoms with Crippen LogP contribution in [0.4, 0.5) is 4.39 Å². The largest absolute Gasteiger partial charge is 0.466 e. The van der Waals surface area contributed by atoms with Crippen LogP contribution in [0.3, 0.4) is 0 Å². The molecule has 0 fully saturated rings. The lowest BCUT2D eigenvalue weighted by molar-refractivity contribution is -0.134. The van der Waals surface area contributed by atoms with Gasteiger partial charge in [0, 0.05) is 6.08 Å². The van der Waals surface area contributed by atoms with Crippen molar-refractivity contribution in [1.29, 1.82) is 0 Å². The molecule has 0 saturated carbocycles. The summed E-state index contributed by atoms with van der Waals surface area (Å²) in [6, 6.07) is 5.93. The summed E-state index contributed by atoms with van der Waals surface area (Å²) in [5, 5.41) is 0. The number of methoxy groups -OCH3 is 1. The van der Waals surface area contributed by atoms with Gasteiger partial charge < -0.3 is 4.74 Å². The van der Waals surface area contributed by atoms with Crippen LogP contribution in [0, 0.1) is 5.82 Å². The van der Waals surface area contributed by atoms with E-state index in [1.165, 1.54) is 25.3 Å². The molecule has 1 aromatic carbocycles. The third-order valence-electron chi connectivity index (χ3n) is 1.84. The number of carbonyl (C=O) groups excluding carboxylic acids is 1. The number of hydrogen-bond donors (Lipinski definition) is 0. The Morgan fingerprint density at radius 2 is 1.93 bits per heavy atom. The van der Waals surface area contributed by atoms with Crippen molar-refractivity contribution in [3.63, 3.8) is 0 Å². The molecular formula is C11H11FO2. The first-order chi connectivity index (χ1) is 6.63. The molecule has 0 N–H and O–H groups in total. The molecular weight excluding hydrogens is 183 g/mol. The number of hydrogen-bond acceptors (Lipinski definition) is 2. The van der Waals surface area contributed by atoms with Gasteiger partial charge in [0.15, 0.2) is 0 Å². The fraction of sp³-hybridized carbons (Fsp3) is 0.182. The lowest BCUT2D eigenvalue weighted by Gasteiger charge is -2.00. The number of carbonyl (C=O) groups is 1. The average Bonchev–Trinajstić information content (AvgIpc) is 2.18. The Morgan fingerprint density at radius 3 is 2.43 bits per heavy atom. The molecule has 0 aromatic heterocycles. The minimum absolute atomic E-state index is 0.292. The Kier molecular flexibility index (Phi) is 3.40. The highest BCUT2D eigenvalue weighted by molar-refractivity contribution is 5.90. The van der Waals surface area contributed by atoms with Gasteiger partial charge in [-0.15, -0.1) is 0 Å². The van der Waals surface area contributed by atoms with Gasteiger partial charge in [-0.2, -0.15) is 0 Å². The summed E-state index contributed by atoms with van der Waals surface area (Å²) >= 11 is 0. The predicted molar refractivity (Wildman–Crippen MR) is 52.1 cm³/mol. The van der Waals surface area contributed by atoms with Gasteiger partial charge in [0.2, 0.25) is 0 Å². The Bertz CT molecular complexity index is 352. The fourth-order valence-electron chi connectivity index (χ4n) is 1.03. The molecule has 0 unspecified atom stereocenters. The molecule has 2 nitrogen and oxygen atoms in total. The van der Waals surface area contributed by atoms with Gasteiger partial charge in [0.1, 0.15) is 5.82 Å². The van der Waals surface area contributed by atoms with Crippen molar-refractivity contribution in [3.8, 4) is 0 Å². The van der Waals surface area contributed by atoms with Crippen LogP contribution in [-0.2, 0) is 9.53 Å². The smallest absolute Gasteiger partial charge is 0.330 e. The number of rotatable bonds is 2. The van der Waals surface area contributed by atoms with E-state index < -0.39 is 5.97 Å². The first-order valence-electron chi connectivity index (χ1n) is 4.15. The summed E-state index contributed by atoms with van der Waals surface area (Å²) in [5.41, 5.74) is 1.55. The van der Waals surface area contributed by atoms with E-state index in [1.807, 2.05) is 0 Å². The van der Waals surface area contributed by atoms with Crippen LogP contribution in [0.25, 0.3) is 5.57 Å². The Balaban J connectivity index is 2.89. The van der Waals surface area contributed by atoms with E-state index in [0.29, 0.717) is 0 Å². The van der Waals surface area contributed by atoms with E-state index in [2.05, 4.69) is 4.74 Å². The van der Waals surface area contributed by atoms with Crippen LogP contribution in [0.2, 0.25) is 0 Å². The van der Waals surface area contributed by atoms with Gasteiger partial charge in [-0.3, -0.25) is 0 Å². The fourth-order valence-corrected chi connectivity index (χ4v) is 1.03. The predicted octanol–water partition coefficient (Wildman–Crippen LogP) is 2.40. The van der Waals surface area contributed by atoms with E-state index in [4.69, 9.17) is 0 Å². The number of ether oxygens (including phenoxy) is 1. The number of esters is 1. The van der Waals surface area contributed by atoms with Gasteiger partial charge in [-0.25, -0.2) is 9.18 Å². The molecule has 0 spiro atoms. The standard InChI is InChI=1S/C11H11FO2/c1-8(7-11(13)14-2)9-3-5-10(12)6-4-9/h3-7H,1-2H3. The van der Waals surface area contributed by atoms with Gasteiger partial charge in [0.25, 0.3) is 0 Å². The SMILES string of the molecule is COC(=O)C=C(C)c1ccc(F)cc1. The van der Waals surface area contributed by atoms with Crippen molar-refractivity contribution in [1.82, 2.24) is 0 Å². The molecule has 14 heavy (non-hydrogen) atoms. The van der Waals surface area contributed by atoms with E-state index in [9.17, 15) is 9.18 Å². The first-order valence-corrected chi connectivity index (χ1v) is 4.15. The third-order valence-corrected chi connectivity index (χ3v) is 1.84. The second-order valence-electron chi connectivity index (χ2n) is 2.86. The Hall–Kier alpha value is -1.64. The second kappa shape index (κ2) is 4.56. The molecule has 0 amide bonds. The molecule has 0 aliphatic heterocycles. The molecule has 0 bridgehead atoms. The van der Waals surface area contributed by atoms with Crippen LogP contribution in [0.1, 0.15) is 12.5 Å². The van der Waals surface area contributed by atoms with E-state index in [-0.39, 0.29) is 5.82 Å². The molecule has 1 rings (SSSR count). The van der Waals surface area contributed by atoms with Crippen LogP contribution in [0.15, 0.2) is 30.3 Å². The number of benzene rings is 1. The monoisotopic (exact) mass is 194 g/mol. The normalized spacial score (nSPS) is 11.2. The zero-order valence-corrected chi connectivity index (χ0v) is 8.08. The summed E-state index contributed by atoms with van der Waals surface area (Å²) in [5.74, 6) is -0.702. The van der Waals surface area contributed by atoms with Gasteiger partial charge in [-0.1, -0.05) is 12.1 Å². The molecule has 74 valence electrons. The second-order valence-corrected chi connectivity index (χ2v) is 2.86. The molecule has 0 aliphatic carbocycles. The highest BCUT2D eigenvalue weighted by Gasteiger charge is 1.99. The molecule has 0 saturated heterocycles. The Labute approximate surface area is 82.0 Å². The zero-order chi connectivity index (χ0) is 10.6. The maximum Gasteiger partial charge on any atom is 0.330 e. The highest BCUT2D eigenvalue weighted by atomic mass is 19.1. The van der Waals surface area contributed by atoms with Gasteiger partial charge in [0.05, 0.1) is 7.11 Å². The maximum atomic E-state index is 12.6. The highest BCUT2D eigenvalue weighted by Crippen LogP contribution is 2.13. The van der Waals surface area contributed by atoms with Crippen LogP contribution in [-0.4, -0.2) is 13.1 Å². The van der Waals surface area contributed by atoms with Crippen molar-refractivity contribution >= 4 is 11.5 Å². The van der Waals surface area contributed by atoms with Crippen molar-refractivity contribution in [2.45, 2.75) is 6.92 Å². The van der Waals surface area contributed by atoms with E-state index >= 15 is 0 Å².